The van der Waals surface area contributed by atoms with E-state index in [0.717, 1.165) is 0 Å². The minimum atomic E-state index is -1.15. The summed E-state index contributed by atoms with van der Waals surface area (Å²) in [5.74, 6) is -1.08. The number of aromatic amines is 1. The van der Waals surface area contributed by atoms with Crippen LogP contribution in [-0.2, 0) is 0 Å². The molecule has 78 valence electrons. The molecule has 2 N–H and O–H groups in total. The highest BCUT2D eigenvalue weighted by Gasteiger charge is 2.10. The van der Waals surface area contributed by atoms with Crippen molar-refractivity contribution in [1.82, 2.24) is 14.6 Å². The standard InChI is InChI=1S/C8H7N3O4/c1-15-5-3-11-6(9-7(5)12)2-4(10-11)8(13)14/h2-3H,1H3,(H,9,12)(H,13,14). The number of rotatable bonds is 2. The number of hydrogen-bond donors (Lipinski definition) is 2. The molecule has 2 aromatic rings. The Labute approximate surface area is 82.9 Å². The number of nitrogens with zero attached hydrogens (tertiary/aromatic N) is 2. The van der Waals surface area contributed by atoms with Crippen molar-refractivity contribution in [3.05, 3.63) is 28.3 Å². The Balaban J connectivity index is 2.72. The Morgan fingerprint density at radius 2 is 2.40 bits per heavy atom. The Bertz CT molecular complexity index is 583. The number of methoxy groups -OCH3 is 1. The third kappa shape index (κ3) is 1.43. The molecule has 2 rings (SSSR count). The van der Waals surface area contributed by atoms with Crippen molar-refractivity contribution in [1.29, 1.82) is 0 Å². The zero-order valence-electron chi connectivity index (χ0n) is 7.72. The SMILES string of the molecule is COc1cn2nc(C(=O)O)cc2[nH]c1=O. The van der Waals surface area contributed by atoms with Gasteiger partial charge in [0.05, 0.1) is 13.3 Å². The van der Waals surface area contributed by atoms with Gasteiger partial charge in [0.2, 0.25) is 5.75 Å². The molecule has 0 saturated carbocycles. The van der Waals surface area contributed by atoms with Gasteiger partial charge in [0.1, 0.15) is 5.65 Å². The fourth-order valence-electron chi connectivity index (χ4n) is 1.18. The maximum absolute atomic E-state index is 11.3. The normalized spacial score (nSPS) is 10.5. The predicted molar refractivity (Wildman–Crippen MR) is 49.3 cm³/mol. The van der Waals surface area contributed by atoms with Crippen LogP contribution < -0.4 is 10.3 Å². The number of H-pyrrole nitrogens is 1. The van der Waals surface area contributed by atoms with Crippen LogP contribution in [0.2, 0.25) is 0 Å². The maximum Gasteiger partial charge on any atom is 0.356 e. The first-order chi connectivity index (χ1) is 7.11. The van der Waals surface area contributed by atoms with E-state index in [4.69, 9.17) is 9.84 Å². The van der Waals surface area contributed by atoms with Crippen molar-refractivity contribution >= 4 is 11.6 Å². The zero-order valence-corrected chi connectivity index (χ0v) is 7.72. The van der Waals surface area contributed by atoms with Crippen molar-refractivity contribution in [2.75, 3.05) is 7.11 Å². The smallest absolute Gasteiger partial charge is 0.356 e. The van der Waals surface area contributed by atoms with Gasteiger partial charge < -0.3 is 14.8 Å². The van der Waals surface area contributed by atoms with Crippen LogP contribution in [0.15, 0.2) is 17.1 Å². The molecule has 0 aliphatic heterocycles. The number of carboxylic acid groups (broad SMARTS) is 1. The van der Waals surface area contributed by atoms with Gasteiger partial charge in [0.15, 0.2) is 5.69 Å². The van der Waals surface area contributed by atoms with Gasteiger partial charge >= 0.3 is 5.97 Å². The highest BCUT2D eigenvalue weighted by molar-refractivity contribution is 5.86. The summed E-state index contributed by atoms with van der Waals surface area (Å²) >= 11 is 0. The van der Waals surface area contributed by atoms with Crippen LogP contribution in [0.4, 0.5) is 0 Å². The quantitative estimate of drug-likeness (QED) is 0.709. The molecule has 0 spiro atoms. The van der Waals surface area contributed by atoms with Crippen LogP contribution in [0, 0.1) is 0 Å². The lowest BCUT2D eigenvalue weighted by molar-refractivity contribution is 0.0690. The van der Waals surface area contributed by atoms with Crippen molar-refractivity contribution in [3.63, 3.8) is 0 Å². The number of carbonyl (C=O) groups is 1. The zero-order chi connectivity index (χ0) is 11.0. The largest absolute Gasteiger partial charge is 0.490 e. The van der Waals surface area contributed by atoms with Gasteiger partial charge in [0, 0.05) is 6.07 Å². The lowest BCUT2D eigenvalue weighted by Crippen LogP contribution is -2.11. The van der Waals surface area contributed by atoms with E-state index in [1.807, 2.05) is 0 Å². The molecule has 0 fully saturated rings. The number of fused-ring (bicyclic) bond motifs is 1. The molecule has 0 bridgehead atoms. The van der Waals surface area contributed by atoms with E-state index in [-0.39, 0.29) is 11.4 Å². The number of carboxylic acids is 1. The summed E-state index contributed by atoms with van der Waals surface area (Å²) in [5.41, 5.74) is -0.265. The molecule has 2 aromatic heterocycles. The van der Waals surface area contributed by atoms with Crippen LogP contribution in [0.3, 0.4) is 0 Å². The second-order valence-corrected chi connectivity index (χ2v) is 2.82. The molecular formula is C8H7N3O4. The van der Waals surface area contributed by atoms with Crippen molar-refractivity contribution in [3.8, 4) is 5.75 Å². The van der Waals surface area contributed by atoms with Crippen LogP contribution in [0.1, 0.15) is 10.5 Å². The van der Waals surface area contributed by atoms with Gasteiger partial charge in [-0.2, -0.15) is 5.10 Å². The first-order valence-corrected chi connectivity index (χ1v) is 4.02. The van der Waals surface area contributed by atoms with E-state index in [1.165, 1.54) is 23.9 Å². The first-order valence-electron chi connectivity index (χ1n) is 4.02. The van der Waals surface area contributed by atoms with Gasteiger partial charge in [-0.3, -0.25) is 4.79 Å². The van der Waals surface area contributed by atoms with Crippen molar-refractivity contribution in [2.24, 2.45) is 0 Å². The minimum absolute atomic E-state index is 0.0718. The summed E-state index contributed by atoms with van der Waals surface area (Å²) in [6, 6.07) is 1.27. The van der Waals surface area contributed by atoms with E-state index in [2.05, 4.69) is 10.1 Å². The Kier molecular flexibility index (Phi) is 1.93. The van der Waals surface area contributed by atoms with Gasteiger partial charge in [0.25, 0.3) is 5.56 Å². The number of aromatic nitrogens is 3. The molecule has 0 atom stereocenters. The first kappa shape index (κ1) is 9.25. The van der Waals surface area contributed by atoms with Gasteiger partial charge in [-0.05, 0) is 0 Å². The van der Waals surface area contributed by atoms with Gasteiger partial charge in [-0.25, -0.2) is 9.31 Å². The molecule has 0 aliphatic carbocycles. The molecule has 0 aromatic carbocycles. The highest BCUT2D eigenvalue weighted by Crippen LogP contribution is 2.06. The molecule has 0 radical (unpaired) electrons. The van der Waals surface area contributed by atoms with E-state index in [0.29, 0.717) is 5.65 Å². The molecule has 7 nitrogen and oxygen atoms in total. The molecule has 0 amide bonds. The Morgan fingerprint density at radius 3 is 3.00 bits per heavy atom. The Morgan fingerprint density at radius 1 is 1.67 bits per heavy atom. The van der Waals surface area contributed by atoms with E-state index in [1.54, 1.807) is 0 Å². The third-order valence-electron chi connectivity index (χ3n) is 1.88. The van der Waals surface area contributed by atoms with Crippen molar-refractivity contribution < 1.29 is 14.6 Å². The second kappa shape index (κ2) is 3.12. The number of nitrogens with one attached hydrogen (secondary N) is 1. The van der Waals surface area contributed by atoms with Crippen molar-refractivity contribution in [2.45, 2.75) is 0 Å². The number of hydrogen-bond acceptors (Lipinski definition) is 4. The van der Waals surface area contributed by atoms with Crippen LogP contribution >= 0.6 is 0 Å². The average Bonchev–Trinajstić information content (AvgIpc) is 2.59. The monoisotopic (exact) mass is 209 g/mol. The summed E-state index contributed by atoms with van der Waals surface area (Å²) in [7, 11) is 1.35. The van der Waals surface area contributed by atoms with E-state index >= 15 is 0 Å². The summed E-state index contributed by atoms with van der Waals surface area (Å²) in [6.07, 6.45) is 1.32. The predicted octanol–water partition coefficient (Wildman–Crippen LogP) is -0.271. The lowest BCUT2D eigenvalue weighted by atomic mass is 10.4. The van der Waals surface area contributed by atoms with Crippen LogP contribution in [0.25, 0.3) is 5.65 Å². The van der Waals surface area contributed by atoms with Gasteiger partial charge in [-0.1, -0.05) is 0 Å². The second-order valence-electron chi connectivity index (χ2n) is 2.82. The fraction of sp³-hybridized carbons (Fsp3) is 0.125. The number of aromatic carboxylic acids is 1. The lowest BCUT2D eigenvalue weighted by Gasteiger charge is -1.97. The minimum Gasteiger partial charge on any atom is -0.490 e. The Hall–Kier alpha value is -2.31. The average molecular weight is 209 g/mol. The summed E-state index contributed by atoms with van der Waals surface area (Å²) in [6.45, 7) is 0. The maximum atomic E-state index is 11.3. The van der Waals surface area contributed by atoms with E-state index < -0.39 is 11.5 Å². The molecule has 0 saturated heterocycles. The molecule has 7 heteroatoms. The third-order valence-corrected chi connectivity index (χ3v) is 1.88. The molecular weight excluding hydrogens is 202 g/mol. The van der Waals surface area contributed by atoms with Gasteiger partial charge in [-0.15, -0.1) is 0 Å². The topological polar surface area (TPSA) is 96.7 Å². The summed E-state index contributed by atoms with van der Waals surface area (Å²) < 4.78 is 6.01. The molecule has 15 heavy (non-hydrogen) atoms. The molecule has 0 unspecified atom stereocenters. The van der Waals surface area contributed by atoms with E-state index in [9.17, 15) is 9.59 Å². The summed E-state index contributed by atoms with van der Waals surface area (Å²) in [4.78, 5) is 24.3. The van der Waals surface area contributed by atoms with Crippen LogP contribution in [0.5, 0.6) is 5.75 Å². The number of ether oxygens (including phenoxy) is 1. The van der Waals surface area contributed by atoms with Crippen LogP contribution in [-0.4, -0.2) is 32.8 Å². The molecule has 0 aliphatic rings. The molecule has 2 heterocycles. The fourth-order valence-corrected chi connectivity index (χ4v) is 1.18. The highest BCUT2D eigenvalue weighted by atomic mass is 16.5. The summed E-state index contributed by atoms with van der Waals surface area (Å²) in [5, 5.41) is 12.4.